The maximum Gasteiger partial charge on any atom is 0.265 e. The lowest BCUT2D eigenvalue weighted by Crippen LogP contribution is -2.34. The minimum atomic E-state index is -3.54. The fraction of sp³-hybridized carbons (Fsp3) is 0.417. The van der Waals surface area contributed by atoms with Crippen LogP contribution in [0.15, 0.2) is 23.1 Å². The van der Waals surface area contributed by atoms with Gasteiger partial charge in [0.05, 0.1) is 10.6 Å². The summed E-state index contributed by atoms with van der Waals surface area (Å²) in [4.78, 5) is 11.6. The third-order valence-corrected chi connectivity index (χ3v) is 4.19. The molecule has 1 atom stereocenters. The summed E-state index contributed by atoms with van der Waals surface area (Å²) in [5.41, 5.74) is 0.377. The second-order valence-corrected chi connectivity index (χ2v) is 6.07. The number of hydrogen-bond donors (Lipinski definition) is 2. The number of benzene rings is 1. The van der Waals surface area contributed by atoms with Crippen molar-refractivity contribution in [1.29, 1.82) is 0 Å². The van der Waals surface area contributed by atoms with E-state index in [1.54, 1.807) is 13.0 Å². The minimum absolute atomic E-state index is 0.109. The Kier molecular flexibility index (Phi) is 3.77. The molecule has 1 heterocycles. The fourth-order valence-electron chi connectivity index (χ4n) is 1.67. The van der Waals surface area contributed by atoms with E-state index >= 15 is 0 Å². The number of anilines is 1. The van der Waals surface area contributed by atoms with Gasteiger partial charge in [0.1, 0.15) is 5.75 Å². The van der Waals surface area contributed by atoms with Gasteiger partial charge in [0.25, 0.3) is 5.91 Å². The minimum Gasteiger partial charge on any atom is -0.479 e. The molecule has 19 heavy (non-hydrogen) atoms. The second-order valence-electron chi connectivity index (χ2n) is 4.31. The number of rotatable bonds is 4. The molecule has 7 heteroatoms. The Hall–Kier alpha value is -1.60. The Labute approximate surface area is 112 Å². The topological polar surface area (TPSA) is 84.5 Å². The van der Waals surface area contributed by atoms with Gasteiger partial charge in [-0.25, -0.2) is 13.1 Å². The van der Waals surface area contributed by atoms with Crippen molar-refractivity contribution in [2.45, 2.75) is 31.3 Å². The van der Waals surface area contributed by atoms with Crippen molar-refractivity contribution < 1.29 is 17.9 Å². The lowest BCUT2D eigenvalue weighted by atomic mass is 10.2. The van der Waals surface area contributed by atoms with Crippen LogP contribution < -0.4 is 14.8 Å². The largest absolute Gasteiger partial charge is 0.479 e. The molecule has 0 spiro atoms. The van der Waals surface area contributed by atoms with Crippen molar-refractivity contribution in [1.82, 2.24) is 4.72 Å². The molecule has 1 amide bonds. The Balaban J connectivity index is 2.32. The monoisotopic (exact) mass is 284 g/mol. The van der Waals surface area contributed by atoms with Gasteiger partial charge in [-0.2, -0.15) is 0 Å². The van der Waals surface area contributed by atoms with Gasteiger partial charge >= 0.3 is 0 Å². The number of hydrogen-bond acceptors (Lipinski definition) is 4. The van der Waals surface area contributed by atoms with E-state index in [1.807, 2.05) is 6.92 Å². The molecule has 0 aliphatic carbocycles. The van der Waals surface area contributed by atoms with Gasteiger partial charge in [-0.05, 0) is 31.5 Å². The summed E-state index contributed by atoms with van der Waals surface area (Å²) in [6, 6.07) is 4.41. The smallest absolute Gasteiger partial charge is 0.265 e. The molecule has 0 saturated carbocycles. The highest BCUT2D eigenvalue weighted by molar-refractivity contribution is 7.89. The van der Waals surface area contributed by atoms with Crippen LogP contribution in [0.5, 0.6) is 5.75 Å². The maximum absolute atomic E-state index is 12.0. The summed E-state index contributed by atoms with van der Waals surface area (Å²) in [5.74, 6) is 0.185. The third kappa shape index (κ3) is 2.87. The van der Waals surface area contributed by atoms with Crippen LogP contribution >= 0.6 is 0 Å². The first-order chi connectivity index (χ1) is 8.94. The molecule has 6 nitrogen and oxygen atoms in total. The van der Waals surface area contributed by atoms with Gasteiger partial charge in [0, 0.05) is 6.54 Å². The van der Waals surface area contributed by atoms with E-state index < -0.39 is 16.1 Å². The van der Waals surface area contributed by atoms with Crippen molar-refractivity contribution in [2.75, 3.05) is 11.9 Å². The van der Waals surface area contributed by atoms with Crippen LogP contribution in [-0.4, -0.2) is 27.0 Å². The number of carbonyl (C=O) groups is 1. The van der Waals surface area contributed by atoms with E-state index in [2.05, 4.69) is 10.0 Å². The predicted octanol–water partition coefficient (Wildman–Crippen LogP) is 1.09. The number of amides is 1. The molecule has 1 aromatic carbocycles. The summed E-state index contributed by atoms with van der Waals surface area (Å²) in [5, 5.41) is 2.62. The van der Waals surface area contributed by atoms with Crippen molar-refractivity contribution >= 4 is 21.6 Å². The third-order valence-electron chi connectivity index (χ3n) is 2.73. The summed E-state index contributed by atoms with van der Waals surface area (Å²) in [6.45, 7) is 3.88. The molecule has 0 saturated heterocycles. The molecular weight excluding hydrogens is 268 g/mol. The molecule has 1 unspecified atom stereocenters. The lowest BCUT2D eigenvalue weighted by Gasteiger charge is -2.23. The normalized spacial score (nSPS) is 18.4. The molecule has 0 aromatic heterocycles. The Morgan fingerprint density at radius 1 is 1.42 bits per heavy atom. The van der Waals surface area contributed by atoms with Crippen LogP contribution in [0.25, 0.3) is 0 Å². The highest BCUT2D eigenvalue weighted by atomic mass is 32.2. The van der Waals surface area contributed by atoms with E-state index in [4.69, 9.17) is 4.74 Å². The first-order valence-corrected chi connectivity index (χ1v) is 7.53. The van der Waals surface area contributed by atoms with Crippen LogP contribution in [0.1, 0.15) is 20.3 Å². The average Bonchev–Trinajstić information content (AvgIpc) is 2.37. The standard InChI is InChI=1S/C12H16N2O4S/c1-3-6-13-19(16,17)9-4-5-11-10(7-9)14-12(15)8(2)18-11/h4-5,7-8,13H,3,6H2,1-2H3,(H,14,15). The SMILES string of the molecule is CCCNS(=O)(=O)c1ccc2c(c1)NC(=O)C(C)O2. The number of sulfonamides is 1. The van der Waals surface area contributed by atoms with Crippen molar-refractivity contribution in [3.05, 3.63) is 18.2 Å². The summed E-state index contributed by atoms with van der Waals surface area (Å²) in [6.07, 6.45) is 0.134. The fourth-order valence-corrected chi connectivity index (χ4v) is 2.83. The zero-order valence-electron chi connectivity index (χ0n) is 10.8. The molecule has 1 aromatic rings. The predicted molar refractivity (Wildman–Crippen MR) is 70.6 cm³/mol. The van der Waals surface area contributed by atoms with Gasteiger partial charge < -0.3 is 10.1 Å². The molecule has 0 fully saturated rings. The Morgan fingerprint density at radius 3 is 2.84 bits per heavy atom. The van der Waals surface area contributed by atoms with Crippen LogP contribution in [0.4, 0.5) is 5.69 Å². The van der Waals surface area contributed by atoms with Gasteiger partial charge in [-0.3, -0.25) is 4.79 Å². The highest BCUT2D eigenvalue weighted by Crippen LogP contribution is 2.31. The number of ether oxygens (including phenoxy) is 1. The van der Waals surface area contributed by atoms with Crippen molar-refractivity contribution in [2.24, 2.45) is 0 Å². The van der Waals surface area contributed by atoms with E-state index in [0.29, 0.717) is 24.4 Å². The van der Waals surface area contributed by atoms with Crippen LogP contribution in [0.2, 0.25) is 0 Å². The molecular formula is C12H16N2O4S. The average molecular weight is 284 g/mol. The molecule has 0 bridgehead atoms. The number of carbonyl (C=O) groups excluding carboxylic acids is 1. The number of nitrogens with one attached hydrogen (secondary N) is 2. The van der Waals surface area contributed by atoms with Crippen LogP contribution in [0.3, 0.4) is 0 Å². The molecule has 2 rings (SSSR count). The summed E-state index contributed by atoms with van der Waals surface area (Å²) >= 11 is 0. The van der Waals surface area contributed by atoms with Crippen LogP contribution in [0, 0.1) is 0 Å². The highest BCUT2D eigenvalue weighted by Gasteiger charge is 2.25. The molecule has 104 valence electrons. The second kappa shape index (κ2) is 5.18. The quantitative estimate of drug-likeness (QED) is 0.867. The molecule has 1 aliphatic heterocycles. The Morgan fingerprint density at radius 2 is 2.16 bits per heavy atom. The van der Waals surface area contributed by atoms with E-state index in [9.17, 15) is 13.2 Å². The van der Waals surface area contributed by atoms with E-state index in [0.717, 1.165) is 0 Å². The van der Waals surface area contributed by atoms with E-state index in [1.165, 1.54) is 12.1 Å². The summed E-state index contributed by atoms with van der Waals surface area (Å²) in [7, 11) is -3.54. The van der Waals surface area contributed by atoms with Crippen molar-refractivity contribution in [3.63, 3.8) is 0 Å². The first kappa shape index (κ1) is 13.8. The summed E-state index contributed by atoms with van der Waals surface area (Å²) < 4.78 is 31.8. The van der Waals surface area contributed by atoms with Gasteiger partial charge in [-0.1, -0.05) is 6.92 Å². The molecule has 0 radical (unpaired) electrons. The van der Waals surface area contributed by atoms with E-state index in [-0.39, 0.29) is 10.8 Å². The zero-order valence-corrected chi connectivity index (χ0v) is 11.6. The molecule has 1 aliphatic rings. The number of fused-ring (bicyclic) bond motifs is 1. The lowest BCUT2D eigenvalue weighted by molar-refractivity contribution is -0.122. The van der Waals surface area contributed by atoms with Gasteiger partial charge in [0.15, 0.2) is 6.10 Å². The first-order valence-electron chi connectivity index (χ1n) is 6.05. The van der Waals surface area contributed by atoms with Gasteiger partial charge in [0.2, 0.25) is 10.0 Å². The van der Waals surface area contributed by atoms with Crippen molar-refractivity contribution in [3.8, 4) is 5.75 Å². The molecule has 2 N–H and O–H groups in total. The van der Waals surface area contributed by atoms with Gasteiger partial charge in [-0.15, -0.1) is 0 Å². The maximum atomic E-state index is 12.0. The Bertz CT molecular complexity index is 598. The zero-order chi connectivity index (χ0) is 14.0. The van der Waals surface area contributed by atoms with Crippen LogP contribution in [-0.2, 0) is 14.8 Å².